The summed E-state index contributed by atoms with van der Waals surface area (Å²) in [4.78, 5) is 20.6. The molecular weight excluding hydrogens is 422 g/mol. The van der Waals surface area contributed by atoms with Crippen LogP contribution in [0.25, 0.3) is 22.6 Å². The Morgan fingerprint density at radius 1 is 1.06 bits per heavy atom. The van der Waals surface area contributed by atoms with E-state index in [1.165, 1.54) is 5.56 Å². The van der Waals surface area contributed by atoms with Gasteiger partial charge in [0.05, 0.1) is 18.5 Å². The molecule has 0 saturated heterocycles. The lowest BCUT2D eigenvalue weighted by atomic mass is 10.1. The van der Waals surface area contributed by atoms with Crippen molar-refractivity contribution in [3.05, 3.63) is 89.1 Å². The molecule has 0 bridgehead atoms. The van der Waals surface area contributed by atoms with E-state index in [0.717, 1.165) is 65.7 Å². The van der Waals surface area contributed by atoms with Gasteiger partial charge in [0, 0.05) is 72.6 Å². The van der Waals surface area contributed by atoms with E-state index in [1.54, 1.807) is 19.5 Å². The van der Waals surface area contributed by atoms with Crippen molar-refractivity contribution < 1.29 is 4.74 Å². The zero-order valence-corrected chi connectivity index (χ0v) is 18.5. The average molecular weight is 444 g/mol. The fraction of sp³-hybridized carbons (Fsp3) is 0.200. The molecule has 0 aliphatic carbocycles. The Bertz CT molecular complexity index is 1230. The van der Waals surface area contributed by atoms with Gasteiger partial charge in [0.2, 0.25) is 0 Å². The number of ether oxygens (including phenoxy) is 1. The Kier molecular flexibility index (Phi) is 5.79. The second-order valence-corrected chi connectivity index (χ2v) is 8.20. The Labute approximate surface area is 191 Å². The van der Waals surface area contributed by atoms with Gasteiger partial charge in [0.1, 0.15) is 5.75 Å². The number of rotatable bonds is 5. The van der Waals surface area contributed by atoms with E-state index in [1.807, 2.05) is 48.8 Å². The molecule has 4 aromatic rings. The summed E-state index contributed by atoms with van der Waals surface area (Å²) in [6.45, 7) is 2.59. The summed E-state index contributed by atoms with van der Waals surface area (Å²) in [5.41, 5.74) is 6.13. The third kappa shape index (κ3) is 4.33. The third-order valence-electron chi connectivity index (χ3n) is 5.60. The number of benzene rings is 1. The average Bonchev–Trinajstić information content (AvgIpc) is 2.85. The van der Waals surface area contributed by atoms with Crippen LogP contribution >= 0.6 is 11.6 Å². The molecule has 0 atom stereocenters. The van der Waals surface area contributed by atoms with E-state index < -0.39 is 0 Å². The summed E-state index contributed by atoms with van der Waals surface area (Å²) in [5, 5.41) is 0.660. The van der Waals surface area contributed by atoms with Gasteiger partial charge in [-0.1, -0.05) is 17.7 Å². The molecule has 3 aromatic heterocycles. The molecule has 0 saturated carbocycles. The molecule has 32 heavy (non-hydrogen) atoms. The van der Waals surface area contributed by atoms with Crippen LogP contribution in [0.3, 0.4) is 0 Å². The number of halogens is 1. The van der Waals surface area contributed by atoms with Gasteiger partial charge < -0.3 is 4.74 Å². The molecule has 6 nitrogen and oxygen atoms in total. The minimum atomic E-state index is 0.660. The molecule has 0 N–H and O–H groups in total. The monoisotopic (exact) mass is 443 g/mol. The van der Waals surface area contributed by atoms with Crippen molar-refractivity contribution in [2.24, 2.45) is 0 Å². The van der Waals surface area contributed by atoms with Gasteiger partial charge in [-0.2, -0.15) is 0 Å². The summed E-state index contributed by atoms with van der Waals surface area (Å²) >= 11 is 6.17. The third-order valence-corrected chi connectivity index (χ3v) is 5.84. The van der Waals surface area contributed by atoms with Gasteiger partial charge in [0.15, 0.2) is 5.82 Å². The minimum Gasteiger partial charge on any atom is -0.496 e. The summed E-state index contributed by atoms with van der Waals surface area (Å²) in [6, 6.07) is 13.6. The van der Waals surface area contributed by atoms with Crippen LogP contribution in [0.1, 0.15) is 16.8 Å². The van der Waals surface area contributed by atoms with Gasteiger partial charge in [-0.15, -0.1) is 0 Å². The first-order valence-corrected chi connectivity index (χ1v) is 10.8. The van der Waals surface area contributed by atoms with Gasteiger partial charge in [-0.25, -0.2) is 9.97 Å². The van der Waals surface area contributed by atoms with Crippen molar-refractivity contribution in [1.82, 2.24) is 24.8 Å². The normalized spacial score (nSPS) is 13.6. The molecule has 0 amide bonds. The molecule has 7 heteroatoms. The van der Waals surface area contributed by atoms with Crippen LogP contribution < -0.4 is 4.74 Å². The molecule has 1 aliphatic heterocycles. The number of hydrogen-bond donors (Lipinski definition) is 0. The quantitative estimate of drug-likeness (QED) is 0.440. The molecular formula is C25H22ClN5O. The zero-order valence-electron chi connectivity index (χ0n) is 17.7. The molecule has 1 aromatic carbocycles. The Morgan fingerprint density at radius 2 is 2.00 bits per heavy atom. The largest absolute Gasteiger partial charge is 0.496 e. The summed E-state index contributed by atoms with van der Waals surface area (Å²) < 4.78 is 5.45. The van der Waals surface area contributed by atoms with E-state index >= 15 is 0 Å². The lowest BCUT2D eigenvalue weighted by Gasteiger charge is -2.28. The molecule has 0 fully saturated rings. The standard InChI is InChI=1S/C25H22ClN5O/c1-32-24-7-5-20(26)11-21(24)23-6-4-17(12-28-23)15-31-10-8-22-19(16-31)14-29-25(30-22)18-3-2-9-27-13-18/h2-7,9,11-14H,8,10,15-16H2,1H3. The fourth-order valence-electron chi connectivity index (χ4n) is 3.96. The summed E-state index contributed by atoms with van der Waals surface area (Å²) in [7, 11) is 1.65. The van der Waals surface area contributed by atoms with Crippen molar-refractivity contribution in [2.75, 3.05) is 13.7 Å². The van der Waals surface area contributed by atoms with Crippen LogP contribution in [-0.2, 0) is 19.5 Å². The van der Waals surface area contributed by atoms with Crippen LogP contribution in [0.15, 0.2) is 67.3 Å². The van der Waals surface area contributed by atoms with Gasteiger partial charge >= 0.3 is 0 Å². The van der Waals surface area contributed by atoms with Gasteiger partial charge in [-0.05, 0) is 42.0 Å². The summed E-state index contributed by atoms with van der Waals surface area (Å²) in [6.07, 6.45) is 8.33. The van der Waals surface area contributed by atoms with Crippen molar-refractivity contribution in [3.8, 4) is 28.4 Å². The maximum Gasteiger partial charge on any atom is 0.160 e. The highest BCUT2D eigenvalue weighted by atomic mass is 35.5. The molecule has 5 rings (SSSR count). The number of hydrogen-bond acceptors (Lipinski definition) is 6. The molecule has 0 spiro atoms. The first-order chi connectivity index (χ1) is 15.7. The number of nitrogens with zero attached hydrogens (tertiary/aromatic N) is 5. The Morgan fingerprint density at radius 3 is 2.78 bits per heavy atom. The Hall–Kier alpha value is -3.35. The molecule has 1 aliphatic rings. The predicted octanol–water partition coefficient (Wildman–Crippen LogP) is 4.82. The van der Waals surface area contributed by atoms with Crippen LogP contribution in [0, 0.1) is 0 Å². The number of aromatic nitrogens is 4. The van der Waals surface area contributed by atoms with E-state index in [4.69, 9.17) is 21.3 Å². The fourth-order valence-corrected chi connectivity index (χ4v) is 4.13. The summed E-state index contributed by atoms with van der Waals surface area (Å²) in [5.74, 6) is 1.49. The van der Waals surface area contributed by atoms with Gasteiger partial charge in [-0.3, -0.25) is 14.9 Å². The van der Waals surface area contributed by atoms with Crippen molar-refractivity contribution in [1.29, 1.82) is 0 Å². The maximum absolute atomic E-state index is 6.17. The van der Waals surface area contributed by atoms with E-state index in [2.05, 4.69) is 25.9 Å². The van der Waals surface area contributed by atoms with Crippen LogP contribution in [0.4, 0.5) is 0 Å². The maximum atomic E-state index is 6.17. The molecule has 0 radical (unpaired) electrons. The van der Waals surface area contributed by atoms with E-state index in [9.17, 15) is 0 Å². The van der Waals surface area contributed by atoms with Crippen LogP contribution in [-0.4, -0.2) is 38.5 Å². The minimum absolute atomic E-state index is 0.660. The second-order valence-electron chi connectivity index (χ2n) is 7.76. The number of fused-ring (bicyclic) bond motifs is 1. The first kappa shape index (κ1) is 20.5. The topological polar surface area (TPSA) is 64.0 Å². The number of pyridine rings is 2. The Balaban J connectivity index is 1.29. The van der Waals surface area contributed by atoms with Crippen LogP contribution in [0.2, 0.25) is 5.02 Å². The SMILES string of the molecule is COc1ccc(Cl)cc1-c1ccc(CN2CCc3nc(-c4cccnc4)ncc3C2)cn1. The van der Waals surface area contributed by atoms with Crippen molar-refractivity contribution >= 4 is 11.6 Å². The van der Waals surface area contributed by atoms with Gasteiger partial charge in [0.25, 0.3) is 0 Å². The highest BCUT2D eigenvalue weighted by Crippen LogP contribution is 2.31. The smallest absolute Gasteiger partial charge is 0.160 e. The van der Waals surface area contributed by atoms with Crippen molar-refractivity contribution in [3.63, 3.8) is 0 Å². The highest BCUT2D eigenvalue weighted by molar-refractivity contribution is 6.30. The van der Waals surface area contributed by atoms with E-state index in [-0.39, 0.29) is 0 Å². The zero-order chi connectivity index (χ0) is 21.9. The molecule has 0 unspecified atom stereocenters. The van der Waals surface area contributed by atoms with E-state index in [0.29, 0.717) is 5.02 Å². The molecule has 160 valence electrons. The lowest BCUT2D eigenvalue weighted by Crippen LogP contribution is -2.31. The number of methoxy groups -OCH3 is 1. The predicted molar refractivity (Wildman–Crippen MR) is 124 cm³/mol. The molecule has 4 heterocycles. The first-order valence-electron chi connectivity index (χ1n) is 10.5. The van der Waals surface area contributed by atoms with Crippen molar-refractivity contribution in [2.45, 2.75) is 19.5 Å². The second kappa shape index (κ2) is 9.02. The highest BCUT2D eigenvalue weighted by Gasteiger charge is 2.19. The van der Waals surface area contributed by atoms with Crippen LogP contribution in [0.5, 0.6) is 5.75 Å². The lowest BCUT2D eigenvalue weighted by molar-refractivity contribution is 0.242.